The smallest absolute Gasteiger partial charge is 0.0733 e. The molecular weight excluding hydrogens is 248 g/mol. The maximum absolute atomic E-state index is 5.35. The molecule has 2 atom stereocenters. The highest BCUT2D eigenvalue weighted by molar-refractivity contribution is 5.55. The first kappa shape index (κ1) is 15.3. The van der Waals surface area contributed by atoms with Gasteiger partial charge < -0.3 is 15.0 Å². The van der Waals surface area contributed by atoms with Crippen LogP contribution in [0.25, 0.3) is 0 Å². The molecule has 3 heteroatoms. The second-order valence-electron chi connectivity index (χ2n) is 6.89. The molecule has 112 valence electrons. The number of benzene rings is 1. The second-order valence-corrected chi connectivity index (χ2v) is 6.89. The molecule has 1 aromatic carbocycles. The third-order valence-electron chi connectivity index (χ3n) is 4.22. The van der Waals surface area contributed by atoms with Crippen LogP contribution in [0.1, 0.15) is 33.3 Å². The summed E-state index contributed by atoms with van der Waals surface area (Å²) in [6, 6.07) is 9.61. The van der Waals surface area contributed by atoms with E-state index in [1.54, 1.807) is 7.11 Å². The molecule has 2 unspecified atom stereocenters. The summed E-state index contributed by atoms with van der Waals surface area (Å²) in [5.74, 6) is 0. The molecule has 0 aliphatic carbocycles. The third kappa shape index (κ3) is 3.33. The van der Waals surface area contributed by atoms with Gasteiger partial charge in [-0.2, -0.15) is 0 Å². The van der Waals surface area contributed by atoms with E-state index < -0.39 is 0 Å². The monoisotopic (exact) mass is 276 g/mol. The molecule has 0 amide bonds. The quantitative estimate of drug-likeness (QED) is 0.918. The summed E-state index contributed by atoms with van der Waals surface area (Å²) < 4.78 is 5.35. The number of hydrogen-bond donors (Lipinski definition) is 1. The fraction of sp³-hybridized carbons (Fsp3) is 0.647. The number of anilines is 1. The molecule has 0 spiro atoms. The minimum Gasteiger partial charge on any atom is -0.380 e. The Morgan fingerprint density at radius 2 is 2.00 bits per heavy atom. The van der Waals surface area contributed by atoms with Gasteiger partial charge in [0.05, 0.1) is 6.61 Å². The Labute approximate surface area is 123 Å². The largest absolute Gasteiger partial charge is 0.380 e. The Morgan fingerprint density at radius 3 is 2.65 bits per heavy atom. The van der Waals surface area contributed by atoms with Crippen LogP contribution in [0.3, 0.4) is 0 Å². The van der Waals surface area contributed by atoms with Gasteiger partial charge in [-0.15, -0.1) is 0 Å². The van der Waals surface area contributed by atoms with E-state index in [0.717, 1.165) is 13.1 Å². The van der Waals surface area contributed by atoms with Crippen molar-refractivity contribution in [1.29, 1.82) is 0 Å². The Bertz CT molecular complexity index is 439. The van der Waals surface area contributed by atoms with Gasteiger partial charge in [0.15, 0.2) is 0 Å². The van der Waals surface area contributed by atoms with Crippen LogP contribution >= 0.6 is 0 Å². The van der Waals surface area contributed by atoms with Crippen LogP contribution in [0, 0.1) is 5.41 Å². The van der Waals surface area contributed by atoms with Crippen molar-refractivity contribution >= 4 is 5.69 Å². The van der Waals surface area contributed by atoms with Gasteiger partial charge in [-0.05, 0) is 18.4 Å². The van der Waals surface area contributed by atoms with Gasteiger partial charge >= 0.3 is 0 Å². The van der Waals surface area contributed by atoms with Gasteiger partial charge in [0.25, 0.3) is 0 Å². The van der Waals surface area contributed by atoms with Gasteiger partial charge in [-0.25, -0.2) is 0 Å². The molecule has 0 radical (unpaired) electrons. The maximum atomic E-state index is 5.35. The maximum Gasteiger partial charge on any atom is 0.0733 e. The van der Waals surface area contributed by atoms with Crippen LogP contribution in [0.4, 0.5) is 5.69 Å². The summed E-state index contributed by atoms with van der Waals surface area (Å²) >= 11 is 0. The van der Waals surface area contributed by atoms with E-state index in [1.165, 1.54) is 11.3 Å². The summed E-state index contributed by atoms with van der Waals surface area (Å²) in [6.07, 6.45) is 0. The van der Waals surface area contributed by atoms with Crippen molar-refractivity contribution < 1.29 is 4.74 Å². The Balaban J connectivity index is 2.25. The van der Waals surface area contributed by atoms with Crippen molar-refractivity contribution in [2.45, 2.75) is 46.4 Å². The summed E-state index contributed by atoms with van der Waals surface area (Å²) in [4.78, 5) is 2.53. The first-order chi connectivity index (χ1) is 9.43. The molecule has 0 aromatic heterocycles. The highest BCUT2D eigenvalue weighted by Crippen LogP contribution is 2.29. The molecule has 1 N–H and O–H groups in total. The minimum absolute atomic E-state index is 0.272. The highest BCUT2D eigenvalue weighted by atomic mass is 16.5. The average Bonchev–Trinajstić information content (AvgIpc) is 2.39. The van der Waals surface area contributed by atoms with Gasteiger partial charge in [0.2, 0.25) is 0 Å². The number of piperazine rings is 1. The van der Waals surface area contributed by atoms with Crippen molar-refractivity contribution in [2.24, 2.45) is 5.41 Å². The first-order valence-electron chi connectivity index (χ1n) is 7.50. The molecule has 1 fully saturated rings. The van der Waals surface area contributed by atoms with Gasteiger partial charge in [-0.3, -0.25) is 0 Å². The zero-order chi connectivity index (χ0) is 14.8. The van der Waals surface area contributed by atoms with Crippen molar-refractivity contribution in [1.82, 2.24) is 5.32 Å². The van der Waals surface area contributed by atoms with Crippen molar-refractivity contribution in [3.8, 4) is 0 Å². The Morgan fingerprint density at radius 1 is 1.30 bits per heavy atom. The lowest BCUT2D eigenvalue weighted by Gasteiger charge is -2.45. The van der Waals surface area contributed by atoms with Crippen molar-refractivity contribution in [3.05, 3.63) is 29.8 Å². The van der Waals surface area contributed by atoms with E-state index in [4.69, 9.17) is 4.74 Å². The lowest BCUT2D eigenvalue weighted by molar-refractivity contribution is 0.184. The molecule has 1 saturated heterocycles. The average molecular weight is 276 g/mol. The Kier molecular flexibility index (Phi) is 4.71. The Hall–Kier alpha value is -1.06. The molecular formula is C17H28N2O. The van der Waals surface area contributed by atoms with Crippen LogP contribution < -0.4 is 10.2 Å². The molecule has 20 heavy (non-hydrogen) atoms. The number of rotatable bonds is 3. The number of nitrogens with zero attached hydrogens (tertiary/aromatic N) is 1. The number of methoxy groups -OCH3 is 1. The van der Waals surface area contributed by atoms with Crippen LogP contribution in [-0.2, 0) is 11.3 Å². The molecule has 1 heterocycles. The standard InChI is InChI=1S/C17H28N2O/c1-13-10-18-16(17(2,3)4)11-19(13)15-9-7-6-8-14(15)12-20-5/h6-9,13,16,18H,10-12H2,1-5H3. The lowest BCUT2D eigenvalue weighted by atomic mass is 9.84. The SMILES string of the molecule is COCc1ccccc1N1CC(C(C)(C)C)NCC1C. The zero-order valence-electron chi connectivity index (χ0n) is 13.4. The molecule has 1 aliphatic rings. The number of ether oxygens (including phenoxy) is 1. The zero-order valence-corrected chi connectivity index (χ0v) is 13.4. The van der Waals surface area contributed by atoms with Crippen LogP contribution in [0.5, 0.6) is 0 Å². The number of para-hydroxylation sites is 1. The van der Waals surface area contributed by atoms with Crippen molar-refractivity contribution in [3.63, 3.8) is 0 Å². The van der Waals surface area contributed by atoms with E-state index >= 15 is 0 Å². The van der Waals surface area contributed by atoms with Crippen LogP contribution in [-0.4, -0.2) is 32.3 Å². The highest BCUT2D eigenvalue weighted by Gasteiger charge is 2.33. The fourth-order valence-electron chi connectivity index (χ4n) is 2.85. The van der Waals surface area contributed by atoms with Gasteiger partial charge in [0, 0.05) is 43.5 Å². The molecule has 1 aliphatic heterocycles. The third-order valence-corrected chi connectivity index (χ3v) is 4.22. The normalized spacial score (nSPS) is 23.9. The summed E-state index contributed by atoms with van der Waals surface area (Å²) in [5.41, 5.74) is 2.86. The van der Waals surface area contributed by atoms with E-state index in [1.807, 2.05) is 0 Å². The van der Waals surface area contributed by atoms with Crippen LogP contribution in [0.2, 0.25) is 0 Å². The molecule has 3 nitrogen and oxygen atoms in total. The van der Waals surface area contributed by atoms with Crippen molar-refractivity contribution in [2.75, 3.05) is 25.1 Å². The van der Waals surface area contributed by atoms with E-state index in [-0.39, 0.29) is 5.41 Å². The van der Waals surface area contributed by atoms with Gasteiger partial charge in [0.1, 0.15) is 0 Å². The predicted octanol–water partition coefficient (Wildman–Crippen LogP) is 3.05. The molecule has 0 bridgehead atoms. The fourth-order valence-corrected chi connectivity index (χ4v) is 2.85. The number of hydrogen-bond acceptors (Lipinski definition) is 3. The van der Waals surface area contributed by atoms with E-state index in [2.05, 4.69) is 62.2 Å². The van der Waals surface area contributed by atoms with E-state index in [0.29, 0.717) is 18.7 Å². The topological polar surface area (TPSA) is 24.5 Å². The summed E-state index contributed by atoms with van der Waals surface area (Å²) in [5, 5.41) is 3.69. The summed E-state index contributed by atoms with van der Waals surface area (Å²) in [7, 11) is 1.76. The van der Waals surface area contributed by atoms with Crippen LogP contribution in [0.15, 0.2) is 24.3 Å². The van der Waals surface area contributed by atoms with Gasteiger partial charge in [-0.1, -0.05) is 39.0 Å². The second kappa shape index (κ2) is 6.15. The molecule has 1 aromatic rings. The number of nitrogens with one attached hydrogen (secondary N) is 1. The minimum atomic E-state index is 0.272. The van der Waals surface area contributed by atoms with E-state index in [9.17, 15) is 0 Å². The summed E-state index contributed by atoms with van der Waals surface area (Å²) in [6.45, 7) is 12.0. The molecule has 2 rings (SSSR count). The first-order valence-corrected chi connectivity index (χ1v) is 7.50. The molecule has 0 saturated carbocycles. The predicted molar refractivity (Wildman–Crippen MR) is 85.2 cm³/mol. The lowest BCUT2D eigenvalue weighted by Crippen LogP contribution is -2.59.